The Bertz CT molecular complexity index is 1510. The predicted molar refractivity (Wildman–Crippen MR) is 150 cm³/mol. The van der Waals surface area contributed by atoms with E-state index in [9.17, 15) is 19.5 Å². The first-order valence-electron chi connectivity index (χ1n) is 12.2. The smallest absolute Gasteiger partial charge is 0.338 e. The van der Waals surface area contributed by atoms with Crippen molar-refractivity contribution in [3.63, 3.8) is 0 Å². The summed E-state index contributed by atoms with van der Waals surface area (Å²) in [4.78, 5) is 36.6. The number of aromatic carboxylic acids is 1. The molecule has 0 spiro atoms. The molecular weight excluding hydrogens is 536 g/mol. The minimum atomic E-state index is -1.07. The Morgan fingerprint density at radius 3 is 2.65 bits per heavy atom. The number of carboxylic acid groups (broad SMARTS) is 1. The van der Waals surface area contributed by atoms with Gasteiger partial charge < -0.3 is 29.6 Å². The van der Waals surface area contributed by atoms with E-state index in [0.29, 0.717) is 44.8 Å². The number of nitrogens with one attached hydrogen (secondary N) is 3. The van der Waals surface area contributed by atoms with Gasteiger partial charge >= 0.3 is 11.9 Å². The lowest BCUT2D eigenvalue weighted by Crippen LogP contribution is -2.45. The number of rotatable bonds is 10. The number of amides is 1. The first-order valence-corrected chi connectivity index (χ1v) is 12.6. The monoisotopic (exact) mass is 562 g/mol. The second-order valence-corrected chi connectivity index (χ2v) is 8.87. The van der Waals surface area contributed by atoms with Crippen LogP contribution in [-0.4, -0.2) is 47.5 Å². The summed E-state index contributed by atoms with van der Waals surface area (Å²) >= 11 is 5.29. The molecule has 11 nitrogen and oxygen atoms in total. The van der Waals surface area contributed by atoms with Crippen LogP contribution in [0.2, 0.25) is 0 Å². The van der Waals surface area contributed by atoms with Gasteiger partial charge in [-0.15, -0.1) is 0 Å². The highest BCUT2D eigenvalue weighted by Gasteiger charge is 2.32. The third-order valence-electron chi connectivity index (χ3n) is 5.78. The molecule has 12 heteroatoms. The Labute approximate surface area is 234 Å². The summed E-state index contributed by atoms with van der Waals surface area (Å²) in [6.07, 6.45) is 1.29. The van der Waals surface area contributed by atoms with Gasteiger partial charge in [-0.25, -0.2) is 15.0 Å². The van der Waals surface area contributed by atoms with E-state index in [1.807, 2.05) is 0 Å². The third-order valence-corrected chi connectivity index (χ3v) is 6.00. The van der Waals surface area contributed by atoms with Gasteiger partial charge in [0.25, 0.3) is 5.91 Å². The second kappa shape index (κ2) is 12.7. The van der Waals surface area contributed by atoms with Crippen molar-refractivity contribution in [2.75, 3.05) is 13.2 Å². The van der Waals surface area contributed by atoms with E-state index in [4.69, 9.17) is 26.1 Å². The molecule has 4 rings (SSSR count). The van der Waals surface area contributed by atoms with Crippen molar-refractivity contribution in [2.24, 2.45) is 5.10 Å². The number of ether oxygens (including phenoxy) is 2. The number of esters is 1. The summed E-state index contributed by atoms with van der Waals surface area (Å²) in [7, 11) is 0. The SMILES string of the molecule is CCOC(=O)C1=C(C)NC(=S)N[C@H]1c1ccccc1OCC(=O)NN=Cc1ccc(-c2ccccc2C(=O)O)o1. The molecule has 0 fully saturated rings. The van der Waals surface area contributed by atoms with Crippen LogP contribution in [0, 0.1) is 0 Å². The molecule has 3 aromatic rings. The largest absolute Gasteiger partial charge is 0.483 e. The Kier molecular flexibility index (Phi) is 8.92. The van der Waals surface area contributed by atoms with E-state index in [1.165, 1.54) is 12.3 Å². The molecule has 0 radical (unpaired) electrons. The van der Waals surface area contributed by atoms with Crippen LogP contribution in [0.4, 0.5) is 0 Å². The van der Waals surface area contributed by atoms with Crippen molar-refractivity contribution in [1.82, 2.24) is 16.1 Å². The number of allylic oxidation sites excluding steroid dienone is 1. The van der Waals surface area contributed by atoms with Gasteiger partial charge in [-0.1, -0.05) is 36.4 Å². The van der Waals surface area contributed by atoms with Crippen LogP contribution in [0.5, 0.6) is 5.75 Å². The summed E-state index contributed by atoms with van der Waals surface area (Å²) in [5, 5.41) is 19.6. The van der Waals surface area contributed by atoms with E-state index < -0.39 is 23.9 Å². The summed E-state index contributed by atoms with van der Waals surface area (Å²) in [6.45, 7) is 3.30. The summed E-state index contributed by atoms with van der Waals surface area (Å²) in [5.41, 5.74) is 4.39. The van der Waals surface area contributed by atoms with Gasteiger partial charge in [-0.3, -0.25) is 4.79 Å². The van der Waals surface area contributed by atoms with Crippen molar-refractivity contribution in [3.8, 4) is 17.1 Å². The van der Waals surface area contributed by atoms with Crippen molar-refractivity contribution in [3.05, 3.63) is 88.8 Å². The average Bonchev–Trinajstić information content (AvgIpc) is 3.40. The number of carboxylic acids is 1. The number of hydrazone groups is 1. The second-order valence-electron chi connectivity index (χ2n) is 8.46. The van der Waals surface area contributed by atoms with Crippen LogP contribution < -0.4 is 20.8 Å². The molecule has 206 valence electrons. The fourth-order valence-electron chi connectivity index (χ4n) is 4.05. The van der Waals surface area contributed by atoms with Gasteiger partial charge in [0.15, 0.2) is 11.7 Å². The van der Waals surface area contributed by atoms with Crippen molar-refractivity contribution in [2.45, 2.75) is 19.9 Å². The van der Waals surface area contributed by atoms with Crippen molar-refractivity contribution in [1.29, 1.82) is 0 Å². The molecule has 1 aromatic heterocycles. The number of benzene rings is 2. The number of thiocarbonyl (C=S) groups is 1. The first-order chi connectivity index (χ1) is 19.3. The molecule has 0 aliphatic carbocycles. The van der Waals surface area contributed by atoms with E-state index in [1.54, 1.807) is 68.4 Å². The minimum Gasteiger partial charge on any atom is -0.483 e. The Balaban J connectivity index is 1.41. The maximum Gasteiger partial charge on any atom is 0.338 e. The lowest BCUT2D eigenvalue weighted by molar-refractivity contribution is -0.139. The fraction of sp³-hybridized carbons (Fsp3) is 0.179. The summed E-state index contributed by atoms with van der Waals surface area (Å²) < 4.78 is 16.7. The zero-order valence-corrected chi connectivity index (χ0v) is 22.4. The van der Waals surface area contributed by atoms with Crippen LogP contribution in [0.3, 0.4) is 0 Å². The zero-order chi connectivity index (χ0) is 28.6. The molecule has 40 heavy (non-hydrogen) atoms. The van der Waals surface area contributed by atoms with E-state index >= 15 is 0 Å². The van der Waals surface area contributed by atoms with Crippen molar-refractivity contribution < 1.29 is 33.4 Å². The standard InChI is InChI=1S/C28H26N4O7S/c1-3-37-27(36)24-16(2)30-28(40)31-25(24)20-10-6-7-11-21(20)38-15-23(33)32-29-14-17-12-13-22(39-17)18-8-4-5-9-19(18)26(34)35/h4-14,25H,3,15H2,1-2H3,(H,32,33)(H,34,35)(H2,30,31,40)/t25-/m0/s1. The number of hydrogen-bond acceptors (Lipinski definition) is 8. The van der Waals surface area contributed by atoms with E-state index in [0.717, 1.165) is 0 Å². The van der Waals surface area contributed by atoms with Gasteiger partial charge in [0.2, 0.25) is 0 Å². The van der Waals surface area contributed by atoms with Gasteiger partial charge in [0, 0.05) is 16.8 Å². The van der Waals surface area contributed by atoms with Crippen LogP contribution in [0.25, 0.3) is 11.3 Å². The highest BCUT2D eigenvalue weighted by Crippen LogP contribution is 2.33. The topological polar surface area (TPSA) is 151 Å². The lowest BCUT2D eigenvalue weighted by Gasteiger charge is -2.30. The number of nitrogens with zero attached hydrogens (tertiary/aromatic N) is 1. The average molecular weight is 563 g/mol. The van der Waals surface area contributed by atoms with Gasteiger partial charge in [-0.2, -0.15) is 5.10 Å². The summed E-state index contributed by atoms with van der Waals surface area (Å²) in [5.74, 6) is -1.09. The molecule has 1 aliphatic heterocycles. The zero-order valence-electron chi connectivity index (χ0n) is 21.6. The Hall–Kier alpha value is -4.97. The molecule has 0 unspecified atom stereocenters. The molecular formula is C28H26N4O7S. The van der Waals surface area contributed by atoms with Gasteiger partial charge in [0.1, 0.15) is 17.3 Å². The van der Waals surface area contributed by atoms with E-state index in [-0.39, 0.29) is 18.8 Å². The molecule has 2 heterocycles. The van der Waals surface area contributed by atoms with Crippen LogP contribution in [0.15, 0.2) is 81.5 Å². The molecule has 0 bridgehead atoms. The fourth-order valence-corrected chi connectivity index (χ4v) is 4.32. The number of furan rings is 1. The predicted octanol–water partition coefficient (Wildman–Crippen LogP) is 3.53. The highest BCUT2D eigenvalue weighted by molar-refractivity contribution is 7.80. The van der Waals surface area contributed by atoms with Gasteiger partial charge in [0.05, 0.1) is 30.0 Å². The molecule has 1 amide bonds. The Morgan fingerprint density at radius 2 is 1.88 bits per heavy atom. The normalized spacial score (nSPS) is 14.8. The number of para-hydroxylation sites is 1. The van der Waals surface area contributed by atoms with Gasteiger partial charge in [-0.05, 0) is 50.3 Å². The van der Waals surface area contributed by atoms with Crippen molar-refractivity contribution >= 4 is 41.4 Å². The molecule has 0 saturated carbocycles. The number of hydrogen-bond donors (Lipinski definition) is 4. The number of carbonyl (C=O) groups excluding carboxylic acids is 2. The first kappa shape index (κ1) is 28.0. The molecule has 1 atom stereocenters. The highest BCUT2D eigenvalue weighted by atomic mass is 32.1. The van der Waals surface area contributed by atoms with Crippen LogP contribution in [0.1, 0.15) is 41.6 Å². The Morgan fingerprint density at radius 1 is 1.12 bits per heavy atom. The van der Waals surface area contributed by atoms with Crippen LogP contribution >= 0.6 is 12.2 Å². The molecule has 4 N–H and O–H groups in total. The van der Waals surface area contributed by atoms with Crippen LogP contribution in [-0.2, 0) is 14.3 Å². The third kappa shape index (κ3) is 6.53. The molecule has 2 aromatic carbocycles. The quantitative estimate of drug-likeness (QED) is 0.125. The van der Waals surface area contributed by atoms with E-state index in [2.05, 4.69) is 21.2 Å². The maximum atomic E-state index is 12.7. The molecule has 1 aliphatic rings. The lowest BCUT2D eigenvalue weighted by atomic mass is 9.95. The minimum absolute atomic E-state index is 0.104. The number of carbonyl (C=O) groups is 3. The summed E-state index contributed by atoms with van der Waals surface area (Å²) in [6, 6.07) is 16.0. The maximum absolute atomic E-state index is 12.7. The molecule has 0 saturated heterocycles.